The monoisotopic (exact) mass is 356 g/mol. The molecule has 0 unspecified atom stereocenters. The molecule has 1 N–H and O–H groups in total. The van der Waals surface area contributed by atoms with Gasteiger partial charge in [0.05, 0.1) is 12.2 Å². The van der Waals surface area contributed by atoms with Gasteiger partial charge < -0.3 is 5.32 Å². The molecule has 7 heteroatoms. The Hall–Kier alpha value is -2.51. The highest BCUT2D eigenvalue weighted by Gasteiger charge is 2.11. The van der Waals surface area contributed by atoms with E-state index in [-0.39, 0.29) is 18.0 Å². The zero-order valence-corrected chi connectivity index (χ0v) is 15.3. The van der Waals surface area contributed by atoms with Crippen molar-refractivity contribution in [2.24, 2.45) is 0 Å². The number of anilines is 1. The fourth-order valence-electron chi connectivity index (χ4n) is 2.60. The van der Waals surface area contributed by atoms with Crippen LogP contribution in [0.15, 0.2) is 40.5 Å². The number of nitrogens with zero attached hydrogens (tertiary/aromatic N) is 3. The molecular weight excluding hydrogens is 336 g/mol. The first-order valence-electron chi connectivity index (χ1n) is 7.94. The highest BCUT2D eigenvalue weighted by Crippen LogP contribution is 2.12. The van der Waals surface area contributed by atoms with Crippen LogP contribution in [0.5, 0.6) is 0 Å². The highest BCUT2D eigenvalue weighted by atomic mass is 32.1. The summed E-state index contributed by atoms with van der Waals surface area (Å²) in [4.78, 5) is 31.3. The maximum absolute atomic E-state index is 12.2. The summed E-state index contributed by atoms with van der Waals surface area (Å²) in [6.45, 7) is 4.54. The lowest BCUT2D eigenvalue weighted by molar-refractivity contribution is -0.117. The normalized spacial score (nSPS) is 11.2. The molecule has 0 saturated carbocycles. The third kappa shape index (κ3) is 4.12. The average molecular weight is 356 g/mol. The number of hydrogen-bond donors (Lipinski definition) is 1. The second-order valence-electron chi connectivity index (χ2n) is 6.17. The summed E-state index contributed by atoms with van der Waals surface area (Å²) in [7, 11) is 1.83. The molecule has 0 bridgehead atoms. The zero-order valence-electron chi connectivity index (χ0n) is 14.4. The third-order valence-electron chi connectivity index (χ3n) is 3.81. The zero-order chi connectivity index (χ0) is 18.0. The van der Waals surface area contributed by atoms with E-state index in [0.29, 0.717) is 17.2 Å². The lowest BCUT2D eigenvalue weighted by atomic mass is 10.2. The molecule has 1 amide bonds. The average Bonchev–Trinajstić information content (AvgIpc) is 2.91. The van der Waals surface area contributed by atoms with Gasteiger partial charge in [-0.15, -0.1) is 11.3 Å². The molecule has 3 rings (SSSR count). The Morgan fingerprint density at radius 3 is 2.72 bits per heavy atom. The van der Waals surface area contributed by atoms with E-state index in [1.54, 1.807) is 4.40 Å². The van der Waals surface area contributed by atoms with Crippen LogP contribution in [0.1, 0.15) is 17.0 Å². The number of hydrogen-bond acceptors (Lipinski definition) is 5. The lowest BCUT2D eigenvalue weighted by Gasteiger charge is -2.16. The molecule has 6 nitrogen and oxygen atoms in total. The van der Waals surface area contributed by atoms with Crippen LogP contribution in [0.25, 0.3) is 4.96 Å². The Bertz CT molecular complexity index is 959. The van der Waals surface area contributed by atoms with Gasteiger partial charge in [0.2, 0.25) is 5.91 Å². The SMILES string of the molecule is Cc1ccc(NC(=O)CN(C)Cc2cc(=O)n3c(C)csc3n2)cc1. The molecule has 0 aliphatic rings. The molecule has 25 heavy (non-hydrogen) atoms. The lowest BCUT2D eigenvalue weighted by Crippen LogP contribution is -2.30. The van der Waals surface area contributed by atoms with E-state index >= 15 is 0 Å². The van der Waals surface area contributed by atoms with E-state index in [1.807, 2.05) is 55.4 Å². The van der Waals surface area contributed by atoms with Crippen LogP contribution in [-0.2, 0) is 11.3 Å². The molecule has 2 aromatic heterocycles. The number of carbonyl (C=O) groups excluding carboxylic acids is 1. The van der Waals surface area contributed by atoms with Gasteiger partial charge in [0.25, 0.3) is 5.56 Å². The Morgan fingerprint density at radius 2 is 2.00 bits per heavy atom. The van der Waals surface area contributed by atoms with Crippen LogP contribution in [0.2, 0.25) is 0 Å². The summed E-state index contributed by atoms with van der Waals surface area (Å²) < 4.78 is 1.60. The molecular formula is C18H20N4O2S. The van der Waals surface area contributed by atoms with Crippen LogP contribution < -0.4 is 10.9 Å². The summed E-state index contributed by atoms with van der Waals surface area (Å²) in [6.07, 6.45) is 0. The van der Waals surface area contributed by atoms with E-state index in [1.165, 1.54) is 17.4 Å². The number of benzene rings is 1. The van der Waals surface area contributed by atoms with Gasteiger partial charge in [-0.2, -0.15) is 0 Å². The standard InChI is InChI=1S/C18H20N4O2S/c1-12-4-6-14(7-5-12)19-16(23)10-21(3)9-15-8-17(24)22-13(2)11-25-18(22)20-15/h4-8,11H,9-10H2,1-3H3,(H,19,23). The minimum Gasteiger partial charge on any atom is -0.325 e. The van der Waals surface area contributed by atoms with Gasteiger partial charge in [-0.3, -0.25) is 18.9 Å². The highest BCUT2D eigenvalue weighted by molar-refractivity contribution is 7.15. The van der Waals surface area contributed by atoms with Gasteiger partial charge in [0.15, 0.2) is 4.96 Å². The minimum atomic E-state index is -0.101. The van der Waals surface area contributed by atoms with Crippen LogP contribution in [0, 0.1) is 13.8 Å². The van der Waals surface area contributed by atoms with Gasteiger partial charge in [0.1, 0.15) is 0 Å². The third-order valence-corrected chi connectivity index (χ3v) is 4.75. The Labute approximate surface area is 149 Å². The summed E-state index contributed by atoms with van der Waals surface area (Å²) in [5.41, 5.74) is 3.38. The van der Waals surface area contributed by atoms with Crippen molar-refractivity contribution >= 4 is 27.9 Å². The number of amides is 1. The van der Waals surface area contributed by atoms with Gasteiger partial charge in [0, 0.05) is 29.4 Å². The van der Waals surface area contributed by atoms with E-state index in [0.717, 1.165) is 16.9 Å². The first-order chi connectivity index (χ1) is 11.9. The molecule has 0 spiro atoms. The van der Waals surface area contributed by atoms with Crippen LogP contribution in [0.3, 0.4) is 0 Å². The number of aryl methyl sites for hydroxylation is 2. The first kappa shape index (κ1) is 17.3. The summed E-state index contributed by atoms with van der Waals surface area (Å²) in [5.74, 6) is -0.101. The molecule has 0 saturated heterocycles. The van der Waals surface area contributed by atoms with Crippen molar-refractivity contribution in [2.45, 2.75) is 20.4 Å². The fourth-order valence-corrected chi connectivity index (χ4v) is 3.49. The van der Waals surface area contributed by atoms with Crippen molar-refractivity contribution in [2.75, 3.05) is 18.9 Å². The molecule has 130 valence electrons. The Morgan fingerprint density at radius 1 is 1.28 bits per heavy atom. The van der Waals surface area contributed by atoms with Crippen molar-refractivity contribution in [1.29, 1.82) is 0 Å². The topological polar surface area (TPSA) is 66.7 Å². The van der Waals surface area contributed by atoms with Crippen LogP contribution in [-0.4, -0.2) is 33.8 Å². The maximum atomic E-state index is 12.2. The molecule has 1 aromatic carbocycles. The fraction of sp³-hybridized carbons (Fsp3) is 0.278. The van der Waals surface area contributed by atoms with Crippen molar-refractivity contribution in [1.82, 2.24) is 14.3 Å². The van der Waals surface area contributed by atoms with Gasteiger partial charge >= 0.3 is 0 Å². The van der Waals surface area contributed by atoms with E-state index in [9.17, 15) is 9.59 Å². The quantitative estimate of drug-likeness (QED) is 0.762. The Balaban J connectivity index is 1.64. The first-order valence-corrected chi connectivity index (χ1v) is 8.82. The predicted molar refractivity (Wildman–Crippen MR) is 100 cm³/mol. The molecule has 0 radical (unpaired) electrons. The van der Waals surface area contributed by atoms with Crippen LogP contribution in [0.4, 0.5) is 5.69 Å². The number of nitrogens with one attached hydrogen (secondary N) is 1. The minimum absolute atomic E-state index is 0.0868. The smallest absolute Gasteiger partial charge is 0.259 e. The van der Waals surface area contributed by atoms with Crippen molar-refractivity contribution < 1.29 is 4.79 Å². The number of fused-ring (bicyclic) bond motifs is 1. The molecule has 3 aromatic rings. The summed E-state index contributed by atoms with van der Waals surface area (Å²) in [6, 6.07) is 9.19. The number of thiazole rings is 1. The maximum Gasteiger partial charge on any atom is 0.259 e. The summed E-state index contributed by atoms with van der Waals surface area (Å²) in [5, 5.41) is 4.77. The van der Waals surface area contributed by atoms with Crippen molar-refractivity contribution in [3.63, 3.8) is 0 Å². The molecule has 0 atom stereocenters. The van der Waals surface area contributed by atoms with Gasteiger partial charge in [-0.1, -0.05) is 17.7 Å². The molecule has 0 aliphatic carbocycles. The van der Waals surface area contributed by atoms with Crippen molar-refractivity contribution in [3.05, 3.63) is 63.0 Å². The van der Waals surface area contributed by atoms with E-state index < -0.39 is 0 Å². The molecule has 2 heterocycles. The second-order valence-corrected chi connectivity index (χ2v) is 7.00. The molecule has 0 fully saturated rings. The van der Waals surface area contributed by atoms with Crippen LogP contribution >= 0.6 is 11.3 Å². The molecule has 0 aliphatic heterocycles. The Kier molecular flexibility index (Phi) is 4.96. The second kappa shape index (κ2) is 7.16. The summed E-state index contributed by atoms with van der Waals surface area (Å²) >= 11 is 1.44. The number of aromatic nitrogens is 2. The number of carbonyl (C=O) groups is 1. The number of rotatable bonds is 5. The largest absolute Gasteiger partial charge is 0.325 e. The predicted octanol–water partition coefficient (Wildman–Crippen LogP) is 2.44. The van der Waals surface area contributed by atoms with E-state index in [2.05, 4.69) is 10.3 Å². The number of likely N-dealkylation sites (N-methyl/N-ethyl adjacent to an activating group) is 1. The van der Waals surface area contributed by atoms with Crippen molar-refractivity contribution in [3.8, 4) is 0 Å². The van der Waals surface area contributed by atoms with E-state index in [4.69, 9.17) is 0 Å². The van der Waals surface area contributed by atoms with Gasteiger partial charge in [-0.05, 0) is 33.0 Å². The van der Waals surface area contributed by atoms with Gasteiger partial charge in [-0.25, -0.2) is 4.98 Å².